The average molecular weight is 221 g/mol. The van der Waals surface area contributed by atoms with Gasteiger partial charge in [0, 0.05) is 25.4 Å². The normalized spacial score (nSPS) is 22.4. The number of carbonyl (C=O) groups excluding carboxylic acids is 1. The molecule has 0 aliphatic carbocycles. The van der Waals surface area contributed by atoms with Gasteiger partial charge >= 0.3 is 0 Å². The number of likely N-dealkylation sites (tertiary alicyclic amines) is 1. The highest BCUT2D eigenvalue weighted by atomic mass is 19.1. The van der Waals surface area contributed by atoms with Crippen LogP contribution in [-0.4, -0.2) is 30.8 Å². The van der Waals surface area contributed by atoms with Crippen LogP contribution in [0.1, 0.15) is 12.0 Å². The summed E-state index contributed by atoms with van der Waals surface area (Å²) in [4.78, 5) is 13.9. The Balaban J connectivity index is 2.02. The van der Waals surface area contributed by atoms with Crippen LogP contribution in [0.25, 0.3) is 0 Å². The number of nitrogens with zero attached hydrogens (tertiary/aromatic N) is 1. The van der Waals surface area contributed by atoms with Gasteiger partial charge in [0.2, 0.25) is 0 Å². The predicted octanol–water partition coefficient (Wildman–Crippen LogP) is 1.89. The Bertz CT molecular complexity index is 374. The van der Waals surface area contributed by atoms with Gasteiger partial charge in [0.15, 0.2) is 0 Å². The molecule has 1 fully saturated rings. The van der Waals surface area contributed by atoms with Crippen LogP contribution in [0.15, 0.2) is 24.3 Å². The summed E-state index contributed by atoms with van der Waals surface area (Å²) in [6.45, 7) is 1.68. The van der Waals surface area contributed by atoms with Gasteiger partial charge in [0.05, 0.1) is 0 Å². The van der Waals surface area contributed by atoms with Gasteiger partial charge in [0.25, 0.3) is 0 Å². The molecule has 1 aliphatic rings. The molecular weight excluding hydrogens is 205 g/mol. The zero-order valence-electron chi connectivity index (χ0n) is 9.45. The summed E-state index contributed by atoms with van der Waals surface area (Å²) in [5, 5.41) is 0. The van der Waals surface area contributed by atoms with Crippen molar-refractivity contribution in [3.63, 3.8) is 0 Å². The van der Waals surface area contributed by atoms with E-state index in [1.54, 1.807) is 12.1 Å². The van der Waals surface area contributed by atoms with E-state index < -0.39 is 0 Å². The van der Waals surface area contributed by atoms with Crippen LogP contribution in [0.5, 0.6) is 0 Å². The molecule has 3 heteroatoms. The molecule has 0 spiro atoms. The molecule has 2 rings (SSSR count). The molecule has 1 saturated heterocycles. The predicted molar refractivity (Wildman–Crippen MR) is 60.7 cm³/mol. The number of Topliss-reactive ketones (excluding diaryl/α,β-unsaturated/α-hetero) is 1. The first-order valence-corrected chi connectivity index (χ1v) is 5.61. The van der Waals surface area contributed by atoms with Crippen molar-refractivity contribution in [3.8, 4) is 0 Å². The van der Waals surface area contributed by atoms with Gasteiger partial charge in [-0.15, -0.1) is 0 Å². The van der Waals surface area contributed by atoms with E-state index in [1.807, 2.05) is 7.05 Å². The van der Waals surface area contributed by atoms with Gasteiger partial charge in [0.1, 0.15) is 11.6 Å². The van der Waals surface area contributed by atoms with Crippen molar-refractivity contribution in [2.45, 2.75) is 12.8 Å². The van der Waals surface area contributed by atoms with E-state index in [0.717, 1.165) is 25.1 Å². The lowest BCUT2D eigenvalue weighted by Crippen LogP contribution is -2.39. The molecule has 16 heavy (non-hydrogen) atoms. The number of carbonyl (C=O) groups is 1. The van der Waals surface area contributed by atoms with E-state index in [0.29, 0.717) is 12.2 Å². The van der Waals surface area contributed by atoms with Gasteiger partial charge < -0.3 is 4.90 Å². The van der Waals surface area contributed by atoms with Gasteiger partial charge in [-0.25, -0.2) is 4.39 Å². The van der Waals surface area contributed by atoms with Crippen molar-refractivity contribution in [1.29, 1.82) is 0 Å². The second-order valence-corrected chi connectivity index (χ2v) is 4.51. The summed E-state index contributed by atoms with van der Waals surface area (Å²) in [6.07, 6.45) is 1.37. The van der Waals surface area contributed by atoms with Gasteiger partial charge in [-0.05, 0) is 31.2 Å². The minimum Gasteiger partial charge on any atom is -0.305 e. The highest BCUT2D eigenvalue weighted by Crippen LogP contribution is 2.17. The number of halogens is 1. The number of piperidine rings is 1. The van der Waals surface area contributed by atoms with Crippen molar-refractivity contribution in [2.24, 2.45) is 5.92 Å². The van der Waals surface area contributed by atoms with Crippen molar-refractivity contribution < 1.29 is 9.18 Å². The standard InChI is InChI=1S/C13H16FNO/c1-15-7-6-13(16)11(9-15)8-10-2-4-12(14)5-3-10/h2-5,11H,6-9H2,1H3. The molecular formula is C13H16FNO. The summed E-state index contributed by atoms with van der Waals surface area (Å²) in [7, 11) is 2.03. The van der Waals surface area contributed by atoms with Crippen LogP contribution < -0.4 is 0 Å². The number of hydrogen-bond acceptors (Lipinski definition) is 2. The lowest BCUT2D eigenvalue weighted by molar-refractivity contribution is -0.125. The molecule has 1 heterocycles. The Morgan fingerprint density at radius 3 is 2.75 bits per heavy atom. The van der Waals surface area contributed by atoms with Crippen molar-refractivity contribution >= 4 is 5.78 Å². The molecule has 2 nitrogen and oxygen atoms in total. The Morgan fingerprint density at radius 1 is 1.38 bits per heavy atom. The third kappa shape index (κ3) is 2.67. The molecule has 1 unspecified atom stereocenters. The first-order valence-electron chi connectivity index (χ1n) is 5.61. The summed E-state index contributed by atoms with van der Waals surface area (Å²) in [6, 6.07) is 6.42. The molecule has 0 bridgehead atoms. The summed E-state index contributed by atoms with van der Waals surface area (Å²) in [5.74, 6) is 0.183. The van der Waals surface area contributed by atoms with Crippen molar-refractivity contribution in [1.82, 2.24) is 4.90 Å². The smallest absolute Gasteiger partial charge is 0.138 e. The maximum atomic E-state index is 12.7. The SMILES string of the molecule is CN1CCC(=O)C(Cc2ccc(F)cc2)C1. The Kier molecular flexibility index (Phi) is 3.34. The van der Waals surface area contributed by atoms with Crippen LogP contribution in [0.4, 0.5) is 4.39 Å². The zero-order chi connectivity index (χ0) is 11.5. The minimum absolute atomic E-state index is 0.0733. The molecule has 1 aromatic carbocycles. The summed E-state index contributed by atoms with van der Waals surface area (Å²) < 4.78 is 12.7. The third-order valence-corrected chi connectivity index (χ3v) is 3.12. The molecule has 1 aromatic rings. The number of rotatable bonds is 2. The Hall–Kier alpha value is -1.22. The highest BCUT2D eigenvalue weighted by molar-refractivity contribution is 5.82. The van der Waals surface area contributed by atoms with Gasteiger partial charge in [-0.1, -0.05) is 12.1 Å². The van der Waals surface area contributed by atoms with Crippen LogP contribution in [0.3, 0.4) is 0 Å². The van der Waals surface area contributed by atoms with Crippen molar-refractivity contribution in [2.75, 3.05) is 20.1 Å². The molecule has 0 amide bonds. The Morgan fingerprint density at radius 2 is 2.06 bits per heavy atom. The minimum atomic E-state index is -0.226. The maximum Gasteiger partial charge on any atom is 0.138 e. The van der Waals surface area contributed by atoms with E-state index in [9.17, 15) is 9.18 Å². The average Bonchev–Trinajstić information content (AvgIpc) is 2.27. The van der Waals surface area contributed by atoms with Gasteiger partial charge in [-0.2, -0.15) is 0 Å². The molecule has 1 atom stereocenters. The maximum absolute atomic E-state index is 12.7. The highest BCUT2D eigenvalue weighted by Gasteiger charge is 2.25. The number of ketones is 1. The van der Waals surface area contributed by atoms with Crippen LogP contribution in [0.2, 0.25) is 0 Å². The topological polar surface area (TPSA) is 20.3 Å². The van der Waals surface area contributed by atoms with Crippen LogP contribution >= 0.6 is 0 Å². The van der Waals surface area contributed by atoms with Crippen LogP contribution in [-0.2, 0) is 11.2 Å². The second kappa shape index (κ2) is 4.74. The molecule has 86 valence electrons. The van der Waals surface area contributed by atoms with E-state index in [2.05, 4.69) is 4.90 Å². The zero-order valence-corrected chi connectivity index (χ0v) is 9.45. The second-order valence-electron chi connectivity index (χ2n) is 4.51. The molecule has 0 aromatic heterocycles. The Labute approximate surface area is 95.1 Å². The summed E-state index contributed by atoms with van der Waals surface area (Å²) in [5.41, 5.74) is 1.04. The van der Waals surface area contributed by atoms with Gasteiger partial charge in [-0.3, -0.25) is 4.79 Å². The quantitative estimate of drug-likeness (QED) is 0.760. The molecule has 0 saturated carbocycles. The first-order chi connectivity index (χ1) is 7.65. The van der Waals surface area contributed by atoms with E-state index in [1.165, 1.54) is 12.1 Å². The van der Waals surface area contributed by atoms with Crippen molar-refractivity contribution in [3.05, 3.63) is 35.6 Å². The fourth-order valence-electron chi connectivity index (χ4n) is 2.16. The molecule has 0 radical (unpaired) electrons. The van der Waals surface area contributed by atoms with Crippen LogP contribution in [0, 0.1) is 11.7 Å². The summed E-state index contributed by atoms with van der Waals surface area (Å²) >= 11 is 0. The third-order valence-electron chi connectivity index (χ3n) is 3.12. The largest absolute Gasteiger partial charge is 0.305 e. The van der Waals surface area contributed by atoms with E-state index >= 15 is 0 Å². The first kappa shape index (κ1) is 11.3. The van der Waals surface area contributed by atoms with E-state index in [4.69, 9.17) is 0 Å². The lowest BCUT2D eigenvalue weighted by Gasteiger charge is -2.28. The fourth-order valence-corrected chi connectivity index (χ4v) is 2.16. The number of hydrogen-bond donors (Lipinski definition) is 0. The van der Waals surface area contributed by atoms with E-state index in [-0.39, 0.29) is 11.7 Å². The monoisotopic (exact) mass is 221 g/mol. The lowest BCUT2D eigenvalue weighted by atomic mass is 9.90. The molecule has 0 N–H and O–H groups in total. The molecule has 1 aliphatic heterocycles. The number of benzene rings is 1. The fraction of sp³-hybridized carbons (Fsp3) is 0.462.